The number of amides is 2. The van der Waals surface area contributed by atoms with Crippen molar-refractivity contribution >= 4 is 22.8 Å². The van der Waals surface area contributed by atoms with Crippen molar-refractivity contribution in [3.05, 3.63) is 29.6 Å². The van der Waals surface area contributed by atoms with Crippen LogP contribution in [0.5, 0.6) is 0 Å². The largest absolute Gasteiger partial charge is 0.366 e. The first-order valence-corrected chi connectivity index (χ1v) is 9.74. The first kappa shape index (κ1) is 18.0. The standard InChI is InChI=1S/C20H27N5O2/c1-12(2)16-10-24(6-5-22-16)18(26)11-25-17(13-3-4-13)8-14-7-15(19(21)27)9-23-20(14)25/h7-9,12-13,16,22H,3-6,10-11H2,1-2H3,(H2,21,27)/t16-/m1/s1. The number of hydrogen-bond donors (Lipinski definition) is 2. The Morgan fingerprint density at radius 3 is 2.78 bits per heavy atom. The number of rotatable bonds is 5. The van der Waals surface area contributed by atoms with Gasteiger partial charge in [-0.1, -0.05) is 13.8 Å². The Labute approximate surface area is 158 Å². The molecule has 2 amide bonds. The van der Waals surface area contributed by atoms with Gasteiger partial charge in [-0.05, 0) is 36.8 Å². The maximum atomic E-state index is 13.0. The third-order valence-electron chi connectivity index (χ3n) is 5.70. The smallest absolute Gasteiger partial charge is 0.250 e. The zero-order valence-electron chi connectivity index (χ0n) is 15.9. The van der Waals surface area contributed by atoms with Crippen molar-refractivity contribution in [3.63, 3.8) is 0 Å². The van der Waals surface area contributed by atoms with Gasteiger partial charge in [0.25, 0.3) is 0 Å². The Balaban J connectivity index is 1.61. The second-order valence-electron chi connectivity index (χ2n) is 8.08. The van der Waals surface area contributed by atoms with Gasteiger partial charge in [0.2, 0.25) is 11.8 Å². The molecule has 0 radical (unpaired) electrons. The van der Waals surface area contributed by atoms with Gasteiger partial charge in [0.15, 0.2) is 0 Å². The summed E-state index contributed by atoms with van der Waals surface area (Å²) in [5, 5.41) is 4.37. The fourth-order valence-electron chi connectivity index (χ4n) is 3.87. The molecule has 1 saturated heterocycles. The molecule has 0 aromatic carbocycles. The third kappa shape index (κ3) is 3.56. The lowest BCUT2D eigenvalue weighted by molar-refractivity contribution is -0.133. The van der Waals surface area contributed by atoms with Crippen LogP contribution in [-0.2, 0) is 11.3 Å². The molecular weight excluding hydrogens is 342 g/mol. The number of piperazine rings is 1. The van der Waals surface area contributed by atoms with Crippen LogP contribution in [0.25, 0.3) is 11.0 Å². The molecule has 0 spiro atoms. The molecule has 3 N–H and O–H groups in total. The highest BCUT2D eigenvalue weighted by Crippen LogP contribution is 2.42. The van der Waals surface area contributed by atoms with Crippen LogP contribution in [0.1, 0.15) is 48.7 Å². The summed E-state index contributed by atoms with van der Waals surface area (Å²) in [6.07, 6.45) is 3.77. The van der Waals surface area contributed by atoms with E-state index < -0.39 is 5.91 Å². The summed E-state index contributed by atoms with van der Waals surface area (Å²) in [5.74, 6) is 0.614. The van der Waals surface area contributed by atoms with Crippen LogP contribution in [0.4, 0.5) is 0 Å². The maximum Gasteiger partial charge on any atom is 0.250 e. The van der Waals surface area contributed by atoms with Crippen molar-refractivity contribution < 1.29 is 9.59 Å². The molecule has 1 aliphatic heterocycles. The molecule has 2 aromatic rings. The molecule has 7 nitrogen and oxygen atoms in total. The number of fused-ring (bicyclic) bond motifs is 1. The van der Waals surface area contributed by atoms with Crippen molar-refractivity contribution in [1.29, 1.82) is 0 Å². The summed E-state index contributed by atoms with van der Waals surface area (Å²) in [6.45, 7) is 6.96. The lowest BCUT2D eigenvalue weighted by Gasteiger charge is -2.36. The zero-order chi connectivity index (χ0) is 19.1. The van der Waals surface area contributed by atoms with Gasteiger partial charge in [-0.25, -0.2) is 4.98 Å². The van der Waals surface area contributed by atoms with E-state index in [2.05, 4.69) is 30.2 Å². The topological polar surface area (TPSA) is 93.3 Å². The monoisotopic (exact) mass is 369 g/mol. The Kier molecular flexibility index (Phi) is 4.63. The highest BCUT2D eigenvalue weighted by atomic mass is 16.2. The Hall–Kier alpha value is -2.41. The van der Waals surface area contributed by atoms with Crippen molar-refractivity contribution in [1.82, 2.24) is 19.8 Å². The average molecular weight is 369 g/mol. The quantitative estimate of drug-likeness (QED) is 0.835. The van der Waals surface area contributed by atoms with Crippen molar-refractivity contribution in [2.75, 3.05) is 19.6 Å². The molecule has 0 unspecified atom stereocenters. The predicted molar refractivity (Wildman–Crippen MR) is 103 cm³/mol. The normalized spacial score (nSPS) is 20.4. The highest BCUT2D eigenvalue weighted by molar-refractivity contribution is 5.96. The predicted octanol–water partition coefficient (Wildman–Crippen LogP) is 1.47. The van der Waals surface area contributed by atoms with E-state index in [1.807, 2.05) is 9.47 Å². The lowest BCUT2D eigenvalue weighted by Crippen LogP contribution is -2.55. The van der Waals surface area contributed by atoms with Gasteiger partial charge in [-0.3, -0.25) is 9.59 Å². The minimum absolute atomic E-state index is 0.127. The first-order chi connectivity index (χ1) is 12.9. The third-order valence-corrected chi connectivity index (χ3v) is 5.70. The van der Waals surface area contributed by atoms with Gasteiger partial charge in [0.05, 0.1) is 5.56 Å². The number of aromatic nitrogens is 2. The number of carbonyl (C=O) groups excluding carboxylic acids is 2. The fraction of sp³-hybridized carbons (Fsp3) is 0.550. The summed E-state index contributed by atoms with van der Waals surface area (Å²) in [7, 11) is 0. The van der Waals surface area contributed by atoms with E-state index in [1.165, 1.54) is 6.20 Å². The van der Waals surface area contributed by atoms with Crippen LogP contribution >= 0.6 is 0 Å². The number of nitrogens with one attached hydrogen (secondary N) is 1. The summed E-state index contributed by atoms with van der Waals surface area (Å²) in [5.41, 5.74) is 7.68. The van der Waals surface area contributed by atoms with E-state index in [0.29, 0.717) is 30.0 Å². The van der Waals surface area contributed by atoms with Crippen LogP contribution in [0.3, 0.4) is 0 Å². The molecule has 4 rings (SSSR count). The van der Waals surface area contributed by atoms with E-state index in [9.17, 15) is 9.59 Å². The molecule has 2 aliphatic rings. The van der Waals surface area contributed by atoms with Crippen LogP contribution in [0.15, 0.2) is 18.3 Å². The lowest BCUT2D eigenvalue weighted by atomic mass is 10.0. The summed E-state index contributed by atoms with van der Waals surface area (Å²) in [6, 6.07) is 4.18. The van der Waals surface area contributed by atoms with E-state index in [4.69, 9.17) is 5.73 Å². The maximum absolute atomic E-state index is 13.0. The molecule has 1 saturated carbocycles. The molecular formula is C20H27N5O2. The summed E-state index contributed by atoms with van der Waals surface area (Å²) >= 11 is 0. The van der Waals surface area contributed by atoms with E-state index in [-0.39, 0.29) is 5.91 Å². The molecule has 2 aromatic heterocycles. The molecule has 27 heavy (non-hydrogen) atoms. The first-order valence-electron chi connectivity index (χ1n) is 9.74. The highest BCUT2D eigenvalue weighted by Gasteiger charge is 2.31. The van der Waals surface area contributed by atoms with Gasteiger partial charge in [-0.2, -0.15) is 0 Å². The molecule has 144 valence electrons. The summed E-state index contributed by atoms with van der Waals surface area (Å²) < 4.78 is 2.03. The number of nitrogens with zero attached hydrogens (tertiary/aromatic N) is 3. The molecule has 1 aliphatic carbocycles. The number of carbonyl (C=O) groups is 2. The van der Waals surface area contributed by atoms with E-state index in [0.717, 1.165) is 49.2 Å². The van der Waals surface area contributed by atoms with Crippen molar-refractivity contribution in [3.8, 4) is 0 Å². The number of pyridine rings is 1. The molecule has 1 atom stereocenters. The SMILES string of the molecule is CC(C)[C@H]1CN(C(=O)Cn2c(C3CC3)cc3cc(C(N)=O)cnc32)CCN1. The minimum Gasteiger partial charge on any atom is -0.366 e. The molecule has 0 bridgehead atoms. The number of primary amides is 1. The molecule has 7 heteroatoms. The number of hydrogen-bond acceptors (Lipinski definition) is 4. The Morgan fingerprint density at radius 1 is 1.33 bits per heavy atom. The van der Waals surface area contributed by atoms with Crippen LogP contribution in [0, 0.1) is 5.92 Å². The van der Waals surface area contributed by atoms with Crippen LogP contribution < -0.4 is 11.1 Å². The van der Waals surface area contributed by atoms with Gasteiger partial charge in [-0.15, -0.1) is 0 Å². The molecule has 3 heterocycles. The Morgan fingerprint density at radius 2 is 2.11 bits per heavy atom. The summed E-state index contributed by atoms with van der Waals surface area (Å²) in [4.78, 5) is 30.9. The minimum atomic E-state index is -0.484. The van der Waals surface area contributed by atoms with E-state index in [1.54, 1.807) is 6.07 Å². The van der Waals surface area contributed by atoms with Gasteiger partial charge < -0.3 is 20.5 Å². The van der Waals surface area contributed by atoms with Crippen LogP contribution in [-0.4, -0.2) is 51.9 Å². The van der Waals surface area contributed by atoms with E-state index >= 15 is 0 Å². The van der Waals surface area contributed by atoms with Crippen LogP contribution in [0.2, 0.25) is 0 Å². The van der Waals surface area contributed by atoms with Gasteiger partial charge in [0, 0.05) is 43.0 Å². The van der Waals surface area contributed by atoms with Crippen molar-refractivity contribution in [2.45, 2.75) is 45.2 Å². The average Bonchev–Trinajstić information content (AvgIpc) is 3.44. The second kappa shape index (κ2) is 6.96. The molecule has 2 fully saturated rings. The fourth-order valence-corrected chi connectivity index (χ4v) is 3.87. The number of nitrogens with two attached hydrogens (primary N) is 1. The Bertz CT molecular complexity index is 884. The zero-order valence-corrected chi connectivity index (χ0v) is 15.9. The van der Waals surface area contributed by atoms with Gasteiger partial charge >= 0.3 is 0 Å². The van der Waals surface area contributed by atoms with Gasteiger partial charge in [0.1, 0.15) is 12.2 Å². The van der Waals surface area contributed by atoms with Crippen molar-refractivity contribution in [2.24, 2.45) is 11.7 Å². The second-order valence-corrected chi connectivity index (χ2v) is 8.08.